The summed E-state index contributed by atoms with van der Waals surface area (Å²) in [5, 5.41) is 9.05. The molecule has 1 unspecified atom stereocenters. The number of nitrogens with zero attached hydrogens (tertiary/aromatic N) is 3. The van der Waals surface area contributed by atoms with Crippen molar-refractivity contribution < 1.29 is 9.90 Å². The van der Waals surface area contributed by atoms with Gasteiger partial charge in [-0.05, 0) is 48.4 Å². The van der Waals surface area contributed by atoms with Gasteiger partial charge in [-0.15, -0.1) is 0 Å². The Morgan fingerprint density at radius 3 is 1.92 bits per heavy atom. The van der Waals surface area contributed by atoms with Crippen LogP contribution in [0.1, 0.15) is 5.56 Å². The standard InChI is InChI=1S/C18H16N4O2/c19-13(18(23)24)9-12-10-16(14-5-1-3-7-20-14)22-17(11-12)15-6-2-4-8-21-15/h1-8,10-11,13H,9,19H2,(H,23,24). The van der Waals surface area contributed by atoms with E-state index in [9.17, 15) is 4.79 Å². The van der Waals surface area contributed by atoms with E-state index in [1.165, 1.54) is 0 Å². The van der Waals surface area contributed by atoms with Gasteiger partial charge in [0.1, 0.15) is 6.04 Å². The van der Waals surface area contributed by atoms with Crippen molar-refractivity contribution in [2.24, 2.45) is 5.73 Å². The minimum atomic E-state index is -1.04. The first kappa shape index (κ1) is 15.8. The van der Waals surface area contributed by atoms with E-state index in [4.69, 9.17) is 10.8 Å². The summed E-state index contributed by atoms with van der Waals surface area (Å²) in [6.07, 6.45) is 3.58. The molecule has 3 rings (SSSR count). The molecule has 0 bridgehead atoms. The minimum absolute atomic E-state index is 0.206. The molecule has 0 amide bonds. The van der Waals surface area contributed by atoms with E-state index in [0.717, 1.165) is 5.56 Å². The van der Waals surface area contributed by atoms with Gasteiger partial charge in [0.15, 0.2) is 0 Å². The summed E-state index contributed by atoms with van der Waals surface area (Å²) in [5.41, 5.74) is 9.19. The molecule has 1 atom stereocenters. The zero-order valence-electron chi connectivity index (χ0n) is 12.8. The fourth-order valence-electron chi connectivity index (χ4n) is 2.34. The lowest BCUT2D eigenvalue weighted by atomic mass is 10.0. The first-order valence-electron chi connectivity index (χ1n) is 7.45. The molecule has 3 N–H and O–H groups in total. The van der Waals surface area contributed by atoms with Gasteiger partial charge in [0, 0.05) is 12.4 Å². The van der Waals surface area contributed by atoms with Gasteiger partial charge in [-0.25, -0.2) is 4.98 Å². The third-order valence-corrected chi connectivity index (χ3v) is 3.51. The normalized spacial score (nSPS) is 11.9. The van der Waals surface area contributed by atoms with Gasteiger partial charge >= 0.3 is 5.97 Å². The lowest BCUT2D eigenvalue weighted by molar-refractivity contribution is -0.138. The molecule has 6 heteroatoms. The topological polar surface area (TPSA) is 102 Å². The molecule has 120 valence electrons. The first-order chi connectivity index (χ1) is 11.6. The summed E-state index contributed by atoms with van der Waals surface area (Å²) >= 11 is 0. The van der Waals surface area contributed by atoms with E-state index in [-0.39, 0.29) is 6.42 Å². The van der Waals surface area contributed by atoms with Gasteiger partial charge < -0.3 is 10.8 Å². The van der Waals surface area contributed by atoms with E-state index < -0.39 is 12.0 Å². The Morgan fingerprint density at radius 2 is 1.50 bits per heavy atom. The summed E-state index contributed by atoms with van der Waals surface area (Å²) in [5.74, 6) is -1.04. The van der Waals surface area contributed by atoms with Crippen molar-refractivity contribution in [1.29, 1.82) is 0 Å². The molecule has 0 aromatic carbocycles. The molecular weight excluding hydrogens is 304 g/mol. The van der Waals surface area contributed by atoms with E-state index in [1.807, 2.05) is 48.5 Å². The van der Waals surface area contributed by atoms with Crippen LogP contribution >= 0.6 is 0 Å². The fourth-order valence-corrected chi connectivity index (χ4v) is 2.34. The maximum atomic E-state index is 11.0. The van der Waals surface area contributed by atoms with Crippen molar-refractivity contribution in [3.05, 3.63) is 66.5 Å². The summed E-state index contributed by atoms with van der Waals surface area (Å²) in [4.78, 5) is 24.3. The molecule has 0 fully saturated rings. The second kappa shape index (κ2) is 6.97. The lowest BCUT2D eigenvalue weighted by Crippen LogP contribution is -2.32. The van der Waals surface area contributed by atoms with Crippen LogP contribution in [0.3, 0.4) is 0 Å². The maximum absolute atomic E-state index is 11.0. The maximum Gasteiger partial charge on any atom is 0.320 e. The van der Waals surface area contributed by atoms with Crippen LogP contribution in [0.4, 0.5) is 0 Å². The third-order valence-electron chi connectivity index (χ3n) is 3.51. The monoisotopic (exact) mass is 320 g/mol. The number of aromatic nitrogens is 3. The van der Waals surface area contributed by atoms with Crippen molar-refractivity contribution in [1.82, 2.24) is 15.0 Å². The molecular formula is C18H16N4O2. The van der Waals surface area contributed by atoms with Crippen LogP contribution in [0, 0.1) is 0 Å². The zero-order valence-corrected chi connectivity index (χ0v) is 12.8. The third kappa shape index (κ3) is 3.61. The fraction of sp³-hybridized carbons (Fsp3) is 0.111. The molecule has 3 aromatic heterocycles. The van der Waals surface area contributed by atoms with Crippen molar-refractivity contribution in [3.8, 4) is 22.8 Å². The quantitative estimate of drug-likeness (QED) is 0.747. The van der Waals surface area contributed by atoms with Gasteiger partial charge in [-0.2, -0.15) is 0 Å². The van der Waals surface area contributed by atoms with E-state index in [0.29, 0.717) is 22.8 Å². The minimum Gasteiger partial charge on any atom is -0.480 e. The Hall–Kier alpha value is -3.12. The highest BCUT2D eigenvalue weighted by Gasteiger charge is 2.15. The Labute approximate surface area is 139 Å². The molecule has 0 aliphatic carbocycles. The number of carboxylic acid groups (broad SMARTS) is 1. The second-order valence-electron chi connectivity index (χ2n) is 5.32. The van der Waals surface area contributed by atoms with Crippen LogP contribution in [0.25, 0.3) is 22.8 Å². The smallest absolute Gasteiger partial charge is 0.320 e. The molecule has 24 heavy (non-hydrogen) atoms. The highest BCUT2D eigenvalue weighted by molar-refractivity contribution is 5.74. The van der Waals surface area contributed by atoms with Gasteiger partial charge in [0.2, 0.25) is 0 Å². The van der Waals surface area contributed by atoms with Crippen LogP contribution in [-0.4, -0.2) is 32.1 Å². The van der Waals surface area contributed by atoms with Crippen molar-refractivity contribution >= 4 is 5.97 Å². The predicted molar refractivity (Wildman–Crippen MR) is 90.0 cm³/mol. The number of pyridine rings is 3. The Balaban J connectivity index is 2.07. The summed E-state index contributed by atoms with van der Waals surface area (Å²) in [6.45, 7) is 0. The van der Waals surface area contributed by atoms with E-state index in [2.05, 4.69) is 15.0 Å². The zero-order chi connectivity index (χ0) is 16.9. The highest BCUT2D eigenvalue weighted by atomic mass is 16.4. The number of carbonyl (C=O) groups is 1. The van der Waals surface area contributed by atoms with Crippen molar-refractivity contribution in [2.45, 2.75) is 12.5 Å². The van der Waals surface area contributed by atoms with Crippen LogP contribution in [0.15, 0.2) is 60.9 Å². The van der Waals surface area contributed by atoms with Crippen molar-refractivity contribution in [3.63, 3.8) is 0 Å². The molecule has 6 nitrogen and oxygen atoms in total. The number of aliphatic carboxylic acids is 1. The second-order valence-corrected chi connectivity index (χ2v) is 5.32. The van der Waals surface area contributed by atoms with Gasteiger partial charge in [0.25, 0.3) is 0 Å². The molecule has 3 heterocycles. The van der Waals surface area contributed by atoms with Gasteiger partial charge in [-0.3, -0.25) is 14.8 Å². The number of carboxylic acids is 1. The Bertz CT molecular complexity index is 780. The van der Waals surface area contributed by atoms with E-state index >= 15 is 0 Å². The molecule has 0 spiro atoms. The summed E-state index contributed by atoms with van der Waals surface area (Å²) in [7, 11) is 0. The molecule has 3 aromatic rings. The summed E-state index contributed by atoms with van der Waals surface area (Å²) < 4.78 is 0. The summed E-state index contributed by atoms with van der Waals surface area (Å²) in [6, 6.07) is 13.8. The average molecular weight is 320 g/mol. The Kier molecular flexibility index (Phi) is 4.58. The molecule has 0 aliphatic heterocycles. The van der Waals surface area contributed by atoms with E-state index in [1.54, 1.807) is 12.4 Å². The molecule has 0 radical (unpaired) electrons. The lowest BCUT2D eigenvalue weighted by Gasteiger charge is -2.11. The Morgan fingerprint density at radius 1 is 0.958 bits per heavy atom. The van der Waals surface area contributed by atoms with Crippen molar-refractivity contribution in [2.75, 3.05) is 0 Å². The van der Waals surface area contributed by atoms with Crippen LogP contribution < -0.4 is 5.73 Å². The number of hydrogen-bond donors (Lipinski definition) is 2. The van der Waals surface area contributed by atoms with Gasteiger partial charge in [-0.1, -0.05) is 12.1 Å². The largest absolute Gasteiger partial charge is 0.480 e. The number of nitrogens with two attached hydrogens (primary N) is 1. The molecule has 0 saturated heterocycles. The highest BCUT2D eigenvalue weighted by Crippen LogP contribution is 2.23. The van der Waals surface area contributed by atoms with Crippen LogP contribution in [-0.2, 0) is 11.2 Å². The number of hydrogen-bond acceptors (Lipinski definition) is 5. The first-order valence-corrected chi connectivity index (χ1v) is 7.45. The molecule has 0 saturated carbocycles. The SMILES string of the molecule is NC(Cc1cc(-c2ccccn2)nc(-c2ccccn2)c1)C(=O)O. The predicted octanol–water partition coefficient (Wildman–Crippen LogP) is 2.16. The number of rotatable bonds is 5. The van der Waals surface area contributed by atoms with Gasteiger partial charge in [0.05, 0.1) is 22.8 Å². The van der Waals surface area contributed by atoms with Crippen LogP contribution in [0.2, 0.25) is 0 Å². The van der Waals surface area contributed by atoms with Crippen LogP contribution in [0.5, 0.6) is 0 Å². The average Bonchev–Trinajstić information content (AvgIpc) is 2.63. The molecule has 0 aliphatic rings.